The zero-order valence-electron chi connectivity index (χ0n) is 19.2. The second-order valence-electron chi connectivity index (χ2n) is 8.15. The summed E-state index contributed by atoms with van der Waals surface area (Å²) >= 11 is 0. The van der Waals surface area contributed by atoms with Crippen LogP contribution in [0.4, 0.5) is 5.69 Å². The monoisotopic (exact) mass is 484 g/mol. The average Bonchev–Trinajstić information content (AvgIpc) is 3.51. The van der Waals surface area contributed by atoms with Crippen molar-refractivity contribution in [2.75, 3.05) is 26.1 Å². The van der Waals surface area contributed by atoms with Crippen LogP contribution in [0, 0.1) is 0 Å². The van der Waals surface area contributed by atoms with Crippen LogP contribution in [-0.4, -0.2) is 55.3 Å². The fourth-order valence-corrected chi connectivity index (χ4v) is 5.18. The van der Waals surface area contributed by atoms with Crippen LogP contribution in [0.15, 0.2) is 65.8 Å². The van der Waals surface area contributed by atoms with Crippen LogP contribution < -0.4 is 10.1 Å². The van der Waals surface area contributed by atoms with Crippen LogP contribution in [0.25, 0.3) is 0 Å². The van der Waals surface area contributed by atoms with E-state index in [0.29, 0.717) is 12.2 Å². The molecule has 0 bridgehead atoms. The minimum absolute atomic E-state index is 0.0739. The third-order valence-corrected chi connectivity index (χ3v) is 7.49. The highest BCUT2D eigenvalue weighted by Gasteiger charge is 2.26. The molecule has 1 aromatic heterocycles. The fraction of sp³-hybridized carbons (Fsp3) is 0.333. The van der Waals surface area contributed by atoms with Gasteiger partial charge >= 0.3 is 0 Å². The van der Waals surface area contributed by atoms with Crippen LogP contribution >= 0.6 is 0 Å². The van der Waals surface area contributed by atoms with Crippen LogP contribution in [0.1, 0.15) is 28.8 Å². The largest absolute Gasteiger partial charge is 0.495 e. The molecule has 2 heterocycles. The topological polar surface area (TPSA) is 103 Å². The van der Waals surface area contributed by atoms with E-state index in [-0.39, 0.29) is 28.9 Å². The first-order valence-corrected chi connectivity index (χ1v) is 12.4. The Kier molecular flexibility index (Phi) is 7.30. The molecule has 1 fully saturated rings. The van der Waals surface area contributed by atoms with Gasteiger partial charge in [-0.15, -0.1) is 0 Å². The van der Waals surface area contributed by atoms with E-state index in [0.717, 1.165) is 25.0 Å². The minimum Gasteiger partial charge on any atom is -0.495 e. The number of ether oxygens (including phenoxy) is 2. The number of aromatic nitrogens is 2. The number of nitrogens with zero attached hydrogens (tertiary/aromatic N) is 3. The Balaban J connectivity index is 1.51. The van der Waals surface area contributed by atoms with Crippen molar-refractivity contribution in [3.63, 3.8) is 0 Å². The average molecular weight is 485 g/mol. The van der Waals surface area contributed by atoms with Crippen molar-refractivity contribution >= 4 is 21.6 Å². The number of nitrogens with one attached hydrogen (secondary N) is 1. The summed E-state index contributed by atoms with van der Waals surface area (Å²) in [6.07, 6.45) is 5.45. The number of anilines is 1. The van der Waals surface area contributed by atoms with E-state index in [1.807, 2.05) is 30.3 Å². The molecule has 2 aromatic carbocycles. The molecular formula is C24H28N4O5S. The highest BCUT2D eigenvalue weighted by Crippen LogP contribution is 2.28. The van der Waals surface area contributed by atoms with Gasteiger partial charge in [0.2, 0.25) is 10.0 Å². The van der Waals surface area contributed by atoms with E-state index in [1.165, 1.54) is 36.7 Å². The molecule has 1 aliphatic rings. The molecule has 1 N–H and O–H groups in total. The molecule has 9 nitrogen and oxygen atoms in total. The summed E-state index contributed by atoms with van der Waals surface area (Å²) in [5.41, 5.74) is 1.56. The Bertz CT molecular complexity index is 1240. The zero-order chi connectivity index (χ0) is 24.1. The number of rotatable bonds is 9. The smallest absolute Gasteiger partial charge is 0.255 e. The van der Waals surface area contributed by atoms with Gasteiger partial charge in [-0.05, 0) is 36.6 Å². The van der Waals surface area contributed by atoms with E-state index >= 15 is 0 Å². The van der Waals surface area contributed by atoms with Crippen molar-refractivity contribution in [2.24, 2.45) is 0 Å². The van der Waals surface area contributed by atoms with Crippen molar-refractivity contribution < 1.29 is 22.7 Å². The number of carbonyl (C=O) groups excluding carboxylic acids is 1. The van der Waals surface area contributed by atoms with Gasteiger partial charge < -0.3 is 14.8 Å². The summed E-state index contributed by atoms with van der Waals surface area (Å²) in [6, 6.07) is 13.6. The highest BCUT2D eigenvalue weighted by molar-refractivity contribution is 7.89. The standard InChI is InChI=1S/C24H28N4O5S/c1-27(15-18-7-4-3-5-8-18)34(30,31)23-13-19(10-11-22(23)32-2)24(29)26-20-14-25-28(16-20)17-21-9-6-12-33-21/h3-5,7-8,10-11,13-14,16,21H,6,9,12,15,17H2,1-2H3,(H,26,29)/t21-/m0/s1. The van der Waals surface area contributed by atoms with E-state index in [1.54, 1.807) is 17.1 Å². The van der Waals surface area contributed by atoms with Gasteiger partial charge in [-0.25, -0.2) is 8.42 Å². The van der Waals surface area contributed by atoms with Gasteiger partial charge in [-0.2, -0.15) is 9.40 Å². The molecule has 4 rings (SSSR count). The van der Waals surface area contributed by atoms with Gasteiger partial charge in [-0.3, -0.25) is 9.48 Å². The van der Waals surface area contributed by atoms with Crippen molar-refractivity contribution in [3.05, 3.63) is 72.1 Å². The second-order valence-corrected chi connectivity index (χ2v) is 10.2. The molecule has 1 atom stereocenters. The number of hydrogen-bond acceptors (Lipinski definition) is 6. The van der Waals surface area contributed by atoms with Crippen molar-refractivity contribution in [2.45, 2.75) is 36.9 Å². The van der Waals surface area contributed by atoms with Crippen LogP contribution in [-0.2, 0) is 27.8 Å². The third kappa shape index (κ3) is 5.46. The normalized spacial score (nSPS) is 16.0. The first-order chi connectivity index (χ1) is 16.4. The van der Waals surface area contributed by atoms with Crippen LogP contribution in [0.5, 0.6) is 5.75 Å². The van der Waals surface area contributed by atoms with Crippen molar-refractivity contribution in [3.8, 4) is 5.75 Å². The number of methoxy groups -OCH3 is 1. The Morgan fingerprint density at radius 3 is 2.76 bits per heavy atom. The van der Waals surface area contributed by atoms with Gasteiger partial charge in [0.15, 0.2) is 0 Å². The molecule has 1 saturated heterocycles. The number of benzene rings is 2. The maximum atomic E-state index is 13.3. The number of hydrogen-bond donors (Lipinski definition) is 1. The molecule has 0 aliphatic carbocycles. The molecule has 180 valence electrons. The Hall–Kier alpha value is -3.21. The van der Waals surface area contributed by atoms with Crippen LogP contribution in [0.3, 0.4) is 0 Å². The number of amides is 1. The van der Waals surface area contributed by atoms with Gasteiger partial charge in [0.25, 0.3) is 5.91 Å². The lowest BCUT2D eigenvalue weighted by Gasteiger charge is -2.19. The molecule has 0 spiro atoms. The molecular weight excluding hydrogens is 456 g/mol. The molecule has 1 amide bonds. The maximum absolute atomic E-state index is 13.3. The molecule has 3 aromatic rings. The Morgan fingerprint density at radius 2 is 2.06 bits per heavy atom. The second kappa shape index (κ2) is 10.4. The fourth-order valence-electron chi connectivity index (χ4n) is 3.84. The minimum atomic E-state index is -3.92. The van der Waals surface area contributed by atoms with Gasteiger partial charge in [0.05, 0.1) is 31.6 Å². The van der Waals surface area contributed by atoms with E-state index in [2.05, 4.69) is 10.4 Å². The molecule has 0 unspecified atom stereocenters. The lowest BCUT2D eigenvalue weighted by Crippen LogP contribution is -2.27. The lowest BCUT2D eigenvalue weighted by molar-refractivity contribution is 0.0940. The summed E-state index contributed by atoms with van der Waals surface area (Å²) < 4.78 is 40.5. The maximum Gasteiger partial charge on any atom is 0.255 e. The summed E-state index contributed by atoms with van der Waals surface area (Å²) in [6.45, 7) is 1.57. The van der Waals surface area contributed by atoms with Crippen LogP contribution in [0.2, 0.25) is 0 Å². The lowest BCUT2D eigenvalue weighted by atomic mass is 10.2. The summed E-state index contributed by atoms with van der Waals surface area (Å²) in [5.74, 6) is -0.276. The Morgan fingerprint density at radius 1 is 1.26 bits per heavy atom. The molecule has 10 heteroatoms. The van der Waals surface area contributed by atoms with E-state index < -0.39 is 15.9 Å². The van der Waals surface area contributed by atoms with Crippen molar-refractivity contribution in [1.29, 1.82) is 0 Å². The first-order valence-electron chi connectivity index (χ1n) is 11.0. The Labute approximate surface area is 199 Å². The number of sulfonamides is 1. The van der Waals surface area contributed by atoms with Gasteiger partial charge in [0, 0.05) is 32.0 Å². The predicted octanol–water partition coefficient (Wildman–Crippen LogP) is 3.14. The molecule has 0 radical (unpaired) electrons. The number of carbonyl (C=O) groups is 1. The summed E-state index contributed by atoms with van der Waals surface area (Å²) in [4.78, 5) is 12.8. The van der Waals surface area contributed by atoms with E-state index in [4.69, 9.17) is 9.47 Å². The first kappa shape index (κ1) is 23.9. The molecule has 1 aliphatic heterocycles. The summed E-state index contributed by atoms with van der Waals surface area (Å²) in [7, 11) is -1.03. The van der Waals surface area contributed by atoms with Gasteiger partial charge in [0.1, 0.15) is 10.6 Å². The quantitative estimate of drug-likeness (QED) is 0.501. The third-order valence-electron chi connectivity index (χ3n) is 5.67. The van der Waals surface area contributed by atoms with E-state index in [9.17, 15) is 13.2 Å². The van der Waals surface area contributed by atoms with Crippen molar-refractivity contribution in [1.82, 2.24) is 14.1 Å². The predicted molar refractivity (Wildman–Crippen MR) is 127 cm³/mol. The molecule has 34 heavy (non-hydrogen) atoms. The zero-order valence-corrected chi connectivity index (χ0v) is 20.0. The van der Waals surface area contributed by atoms with Gasteiger partial charge in [-0.1, -0.05) is 30.3 Å². The highest BCUT2D eigenvalue weighted by atomic mass is 32.2. The summed E-state index contributed by atoms with van der Waals surface area (Å²) in [5, 5.41) is 7.05. The SMILES string of the molecule is COc1ccc(C(=O)Nc2cnn(C[C@@H]3CCCO3)c2)cc1S(=O)(=O)N(C)Cc1ccccc1. The molecule has 0 saturated carbocycles.